The molecule has 0 saturated carbocycles. The predicted octanol–water partition coefficient (Wildman–Crippen LogP) is 0.951. The monoisotopic (exact) mass is 260 g/mol. The van der Waals surface area contributed by atoms with Crippen molar-refractivity contribution in [1.29, 1.82) is 0 Å². The van der Waals surface area contributed by atoms with Crippen LogP contribution in [0.1, 0.15) is 10.4 Å². The van der Waals surface area contributed by atoms with Gasteiger partial charge in [0.2, 0.25) is 12.1 Å². The van der Waals surface area contributed by atoms with E-state index in [2.05, 4.69) is 15.9 Å². The molecule has 2 N–H and O–H groups in total. The summed E-state index contributed by atoms with van der Waals surface area (Å²) in [5, 5.41) is 17.4. The Hall–Kier alpha value is -0.910. The summed E-state index contributed by atoms with van der Waals surface area (Å²) in [4.78, 5) is 11.2. The third-order valence-electron chi connectivity index (χ3n) is 1.67. The molecule has 0 amide bonds. The molecule has 1 aromatic rings. The molecule has 0 saturated heterocycles. The van der Waals surface area contributed by atoms with Gasteiger partial charge in [-0.25, -0.2) is 0 Å². The van der Waals surface area contributed by atoms with Crippen LogP contribution >= 0.6 is 15.9 Å². The summed E-state index contributed by atoms with van der Waals surface area (Å²) in [5.41, 5.74) is 0.180. The maximum Gasteiger partial charge on any atom is 0.219 e. The Labute approximate surface area is 89.3 Å². The number of aliphatic hydroxyl groups excluding tert-OH is 1. The van der Waals surface area contributed by atoms with E-state index in [4.69, 9.17) is 14.9 Å². The number of aliphatic hydroxyl groups is 2. The zero-order valence-electron chi connectivity index (χ0n) is 7.40. The summed E-state index contributed by atoms with van der Waals surface area (Å²) < 4.78 is 5.40. The van der Waals surface area contributed by atoms with E-state index < -0.39 is 12.1 Å². The van der Waals surface area contributed by atoms with Crippen LogP contribution in [0.25, 0.3) is 0 Å². The highest BCUT2D eigenvalue weighted by Gasteiger charge is 2.17. The molecule has 0 aliphatic heterocycles. The molecule has 0 atom stereocenters. The fourth-order valence-electron chi connectivity index (χ4n) is 0.959. The first kappa shape index (κ1) is 11.2. The van der Waals surface area contributed by atoms with Gasteiger partial charge in [-0.05, 0) is 18.2 Å². The van der Waals surface area contributed by atoms with Crippen LogP contribution in [0.4, 0.5) is 0 Å². The Balaban J connectivity index is 3.12. The lowest BCUT2D eigenvalue weighted by atomic mass is 10.1. The van der Waals surface area contributed by atoms with Crippen molar-refractivity contribution in [3.63, 3.8) is 0 Å². The molecule has 4 nitrogen and oxygen atoms in total. The molecule has 0 aliphatic rings. The third kappa shape index (κ3) is 2.31. The van der Waals surface area contributed by atoms with E-state index in [0.29, 0.717) is 10.2 Å². The van der Waals surface area contributed by atoms with Crippen LogP contribution < -0.4 is 4.74 Å². The van der Waals surface area contributed by atoms with E-state index >= 15 is 0 Å². The molecule has 0 fully saturated rings. The molecular weight excluding hydrogens is 252 g/mol. The van der Waals surface area contributed by atoms with Crippen LogP contribution in [0.5, 0.6) is 5.75 Å². The van der Waals surface area contributed by atoms with Gasteiger partial charge < -0.3 is 14.9 Å². The number of hydrogen-bond acceptors (Lipinski definition) is 4. The highest BCUT2D eigenvalue weighted by atomic mass is 79.9. The average Bonchev–Trinajstić information content (AvgIpc) is 2.17. The van der Waals surface area contributed by atoms with Crippen LogP contribution in [-0.2, 0) is 0 Å². The Morgan fingerprint density at radius 1 is 1.50 bits per heavy atom. The second kappa shape index (κ2) is 4.54. The van der Waals surface area contributed by atoms with Gasteiger partial charge in [-0.15, -0.1) is 0 Å². The van der Waals surface area contributed by atoms with Crippen LogP contribution in [-0.4, -0.2) is 29.4 Å². The summed E-state index contributed by atoms with van der Waals surface area (Å²) in [6.07, 6.45) is -2.00. The molecule has 5 heteroatoms. The molecule has 0 aliphatic carbocycles. The van der Waals surface area contributed by atoms with Gasteiger partial charge in [0.1, 0.15) is 5.75 Å². The second-order valence-electron chi connectivity index (χ2n) is 2.58. The van der Waals surface area contributed by atoms with Gasteiger partial charge in [0.25, 0.3) is 0 Å². The summed E-state index contributed by atoms with van der Waals surface area (Å²) in [6, 6.07) is 4.70. The Morgan fingerprint density at radius 3 is 2.64 bits per heavy atom. The first-order valence-corrected chi connectivity index (χ1v) is 4.59. The van der Waals surface area contributed by atoms with E-state index in [-0.39, 0.29) is 5.56 Å². The minimum atomic E-state index is -2.00. The predicted molar refractivity (Wildman–Crippen MR) is 53.3 cm³/mol. The van der Waals surface area contributed by atoms with Crippen molar-refractivity contribution in [2.75, 3.05) is 7.11 Å². The lowest BCUT2D eigenvalue weighted by Gasteiger charge is -2.07. The number of Topliss-reactive ketones (excluding diaryl/α,β-unsaturated/α-hetero) is 1. The van der Waals surface area contributed by atoms with Crippen molar-refractivity contribution in [3.05, 3.63) is 28.2 Å². The number of ether oxygens (including phenoxy) is 1. The molecule has 0 spiro atoms. The Kier molecular flexibility index (Phi) is 3.62. The fourth-order valence-corrected chi connectivity index (χ4v) is 1.40. The highest BCUT2D eigenvalue weighted by Crippen LogP contribution is 2.23. The lowest BCUT2D eigenvalue weighted by Crippen LogP contribution is -2.19. The van der Waals surface area contributed by atoms with E-state index in [1.807, 2.05) is 0 Å². The summed E-state index contributed by atoms with van der Waals surface area (Å²) in [6.45, 7) is 0. The van der Waals surface area contributed by atoms with Crippen molar-refractivity contribution in [2.45, 2.75) is 6.29 Å². The summed E-state index contributed by atoms with van der Waals surface area (Å²) >= 11 is 3.13. The maximum atomic E-state index is 11.2. The first-order chi connectivity index (χ1) is 6.56. The smallest absolute Gasteiger partial charge is 0.219 e. The van der Waals surface area contributed by atoms with Crippen molar-refractivity contribution in [2.24, 2.45) is 0 Å². The molecule has 0 unspecified atom stereocenters. The Morgan fingerprint density at radius 2 is 2.14 bits per heavy atom. The van der Waals surface area contributed by atoms with E-state index in [9.17, 15) is 4.79 Å². The molecule has 0 bridgehead atoms. The van der Waals surface area contributed by atoms with Crippen molar-refractivity contribution in [1.82, 2.24) is 0 Å². The van der Waals surface area contributed by atoms with Crippen LogP contribution in [0.15, 0.2) is 22.7 Å². The quantitative estimate of drug-likeness (QED) is 0.628. The van der Waals surface area contributed by atoms with Crippen molar-refractivity contribution < 1.29 is 19.7 Å². The number of rotatable bonds is 3. The minimum Gasteiger partial charge on any atom is -0.497 e. The SMILES string of the molecule is COc1ccc(Br)c(C(=O)C(O)O)c1. The molecule has 14 heavy (non-hydrogen) atoms. The van der Waals surface area contributed by atoms with Crippen LogP contribution in [0, 0.1) is 0 Å². The standard InChI is InChI=1S/C9H9BrO4/c1-14-5-2-3-7(10)6(4-5)8(11)9(12)13/h2-4,9,12-13H,1H3. The first-order valence-electron chi connectivity index (χ1n) is 3.80. The van der Waals surface area contributed by atoms with Crippen LogP contribution in [0.3, 0.4) is 0 Å². The van der Waals surface area contributed by atoms with Gasteiger partial charge >= 0.3 is 0 Å². The lowest BCUT2D eigenvalue weighted by molar-refractivity contribution is -0.0195. The largest absolute Gasteiger partial charge is 0.497 e. The number of ketones is 1. The van der Waals surface area contributed by atoms with Gasteiger partial charge in [0, 0.05) is 10.0 Å². The average molecular weight is 261 g/mol. The second-order valence-corrected chi connectivity index (χ2v) is 3.44. The minimum absolute atomic E-state index is 0.180. The van der Waals surface area contributed by atoms with E-state index in [1.54, 1.807) is 12.1 Å². The van der Waals surface area contributed by atoms with Gasteiger partial charge in [0.05, 0.1) is 7.11 Å². The number of carbonyl (C=O) groups is 1. The molecule has 1 aromatic carbocycles. The molecule has 1 rings (SSSR count). The maximum absolute atomic E-state index is 11.2. The number of carbonyl (C=O) groups excluding carboxylic acids is 1. The molecule has 0 aromatic heterocycles. The zero-order valence-corrected chi connectivity index (χ0v) is 8.98. The topological polar surface area (TPSA) is 66.8 Å². The summed E-state index contributed by atoms with van der Waals surface area (Å²) in [7, 11) is 1.47. The van der Waals surface area contributed by atoms with Gasteiger partial charge in [0.15, 0.2) is 0 Å². The molecule has 76 valence electrons. The Bertz CT molecular complexity index is 349. The summed E-state index contributed by atoms with van der Waals surface area (Å²) in [5.74, 6) is -0.284. The molecule has 0 radical (unpaired) electrons. The van der Waals surface area contributed by atoms with Gasteiger partial charge in [-0.3, -0.25) is 4.79 Å². The van der Waals surface area contributed by atoms with E-state index in [1.165, 1.54) is 13.2 Å². The van der Waals surface area contributed by atoms with Gasteiger partial charge in [-0.2, -0.15) is 0 Å². The fraction of sp³-hybridized carbons (Fsp3) is 0.222. The number of hydrogen-bond donors (Lipinski definition) is 2. The number of halogens is 1. The van der Waals surface area contributed by atoms with Crippen molar-refractivity contribution >= 4 is 21.7 Å². The van der Waals surface area contributed by atoms with E-state index in [0.717, 1.165) is 0 Å². The normalized spacial score (nSPS) is 10.4. The molecular formula is C9H9BrO4. The van der Waals surface area contributed by atoms with Crippen LogP contribution in [0.2, 0.25) is 0 Å². The third-order valence-corrected chi connectivity index (χ3v) is 2.36. The number of benzene rings is 1. The molecule has 0 heterocycles. The van der Waals surface area contributed by atoms with Gasteiger partial charge in [-0.1, -0.05) is 15.9 Å². The number of methoxy groups -OCH3 is 1. The zero-order chi connectivity index (χ0) is 10.7. The van der Waals surface area contributed by atoms with Crippen molar-refractivity contribution in [3.8, 4) is 5.75 Å². The highest BCUT2D eigenvalue weighted by molar-refractivity contribution is 9.10.